The minimum Gasteiger partial charge on any atom is -0.461 e. The highest BCUT2D eigenvalue weighted by atomic mass is 16.5. The molecule has 1 aromatic rings. The second-order valence-corrected chi connectivity index (χ2v) is 20.5. The van der Waals surface area contributed by atoms with Crippen LogP contribution >= 0.6 is 0 Å². The fraction of sp³-hybridized carbons (Fsp3) is 0.771. The predicted octanol–water partition coefficient (Wildman–Crippen LogP) is 10.7. The second-order valence-electron chi connectivity index (χ2n) is 20.5. The molecule has 284 valence electrons. The molecule has 0 bridgehead atoms. The fourth-order valence-electron chi connectivity index (χ4n) is 15.1. The largest absolute Gasteiger partial charge is 0.461 e. The lowest BCUT2D eigenvalue weighted by Crippen LogP contribution is -2.67. The molecule has 8 aliphatic rings. The molecular formula is C48H69NO3. The van der Waals surface area contributed by atoms with Crippen molar-refractivity contribution in [3.05, 3.63) is 59.2 Å². The van der Waals surface area contributed by atoms with Crippen molar-refractivity contribution in [3.63, 3.8) is 0 Å². The van der Waals surface area contributed by atoms with E-state index in [0.29, 0.717) is 46.1 Å². The summed E-state index contributed by atoms with van der Waals surface area (Å²) in [4.78, 5) is 13.0. The van der Waals surface area contributed by atoms with E-state index in [1.165, 1.54) is 95.5 Å². The maximum Gasteiger partial charge on any atom is 0.309 e. The Hall–Kier alpha value is -1.91. The first-order valence-corrected chi connectivity index (χ1v) is 22.1. The van der Waals surface area contributed by atoms with Crippen LogP contribution in [0.2, 0.25) is 0 Å². The van der Waals surface area contributed by atoms with Gasteiger partial charge in [-0.1, -0.05) is 76.6 Å². The van der Waals surface area contributed by atoms with E-state index >= 15 is 0 Å². The van der Waals surface area contributed by atoms with Crippen molar-refractivity contribution < 1.29 is 14.6 Å². The van der Waals surface area contributed by atoms with Crippen LogP contribution in [0.5, 0.6) is 0 Å². The molecule has 10 atom stereocenters. The number of ether oxygens (including phenoxy) is 1. The van der Waals surface area contributed by atoms with Crippen molar-refractivity contribution in [2.75, 3.05) is 6.54 Å². The Morgan fingerprint density at radius 3 is 2.33 bits per heavy atom. The Morgan fingerprint density at radius 1 is 0.846 bits per heavy atom. The summed E-state index contributed by atoms with van der Waals surface area (Å²) >= 11 is 0. The molecule has 0 radical (unpaired) electrons. The third kappa shape index (κ3) is 5.67. The molecule has 2 N–H and O–H groups in total. The zero-order valence-corrected chi connectivity index (χ0v) is 33.1. The summed E-state index contributed by atoms with van der Waals surface area (Å²) in [6, 6.07) is 10.1. The molecule has 0 heterocycles. The average Bonchev–Trinajstić information content (AvgIpc) is 4.09. The van der Waals surface area contributed by atoms with Crippen LogP contribution in [-0.4, -0.2) is 28.8 Å². The van der Waals surface area contributed by atoms with Crippen molar-refractivity contribution in [3.8, 4) is 0 Å². The summed E-state index contributed by atoms with van der Waals surface area (Å²) in [5, 5.41) is 16.0. The van der Waals surface area contributed by atoms with Crippen molar-refractivity contribution in [2.45, 2.75) is 161 Å². The number of fused-ring (bicyclic) bond motifs is 7. The van der Waals surface area contributed by atoms with Gasteiger partial charge in [0.1, 0.15) is 6.61 Å². The lowest BCUT2D eigenvalue weighted by Gasteiger charge is -2.71. The quantitative estimate of drug-likeness (QED) is 0.238. The van der Waals surface area contributed by atoms with E-state index in [4.69, 9.17) is 4.74 Å². The molecule has 0 saturated heterocycles. The molecule has 4 heteroatoms. The number of carbonyl (C=O) groups is 1. The van der Waals surface area contributed by atoms with Gasteiger partial charge in [0.2, 0.25) is 0 Å². The molecule has 8 aliphatic carbocycles. The first-order chi connectivity index (χ1) is 25.0. The number of allylic oxidation sites excluding steroid dienone is 4. The number of rotatable bonds is 10. The first kappa shape index (κ1) is 35.8. The molecule has 52 heavy (non-hydrogen) atoms. The van der Waals surface area contributed by atoms with Crippen molar-refractivity contribution in [1.82, 2.24) is 5.32 Å². The Morgan fingerprint density at radius 2 is 1.62 bits per heavy atom. The molecule has 0 aromatic heterocycles. The van der Waals surface area contributed by atoms with E-state index in [1.807, 2.05) is 30.3 Å². The first-order valence-electron chi connectivity index (χ1n) is 22.1. The van der Waals surface area contributed by atoms with Crippen molar-refractivity contribution in [2.24, 2.45) is 63.6 Å². The zero-order chi connectivity index (χ0) is 35.9. The van der Waals surface area contributed by atoms with Crippen LogP contribution in [0.15, 0.2) is 53.6 Å². The van der Waals surface area contributed by atoms with E-state index in [2.05, 4.69) is 45.2 Å². The number of carbonyl (C=O) groups excluding carboxylic acids is 1. The number of aliphatic hydroxyl groups is 1. The molecule has 9 rings (SSSR count). The van der Waals surface area contributed by atoms with Gasteiger partial charge in [0.25, 0.3) is 0 Å². The van der Waals surface area contributed by atoms with Crippen LogP contribution in [0.1, 0.15) is 149 Å². The minimum atomic E-state index is -0.376. The molecule has 1 aromatic carbocycles. The summed E-state index contributed by atoms with van der Waals surface area (Å²) in [7, 11) is 0. The number of esters is 1. The lowest BCUT2D eigenvalue weighted by molar-refractivity contribution is -0.212. The van der Waals surface area contributed by atoms with Crippen molar-refractivity contribution >= 4 is 5.97 Å². The monoisotopic (exact) mass is 708 g/mol. The van der Waals surface area contributed by atoms with Crippen LogP contribution < -0.4 is 5.32 Å². The van der Waals surface area contributed by atoms with Gasteiger partial charge in [-0.25, -0.2) is 0 Å². The summed E-state index contributed by atoms with van der Waals surface area (Å²) < 4.78 is 5.74. The van der Waals surface area contributed by atoms with Gasteiger partial charge >= 0.3 is 5.97 Å². The van der Waals surface area contributed by atoms with Gasteiger partial charge in [-0.05, 0) is 190 Å². The summed E-state index contributed by atoms with van der Waals surface area (Å²) in [5.74, 6) is 4.88. The number of nitrogens with one attached hydrogen (secondary N) is 1. The van der Waals surface area contributed by atoms with E-state index in [9.17, 15) is 9.90 Å². The maximum absolute atomic E-state index is 13.0. The van der Waals surface area contributed by atoms with Gasteiger partial charge in [0.15, 0.2) is 0 Å². The van der Waals surface area contributed by atoms with Gasteiger partial charge in [0, 0.05) is 5.54 Å². The fourth-order valence-corrected chi connectivity index (χ4v) is 15.1. The minimum absolute atomic E-state index is 0.0125. The van der Waals surface area contributed by atoms with Gasteiger partial charge < -0.3 is 15.2 Å². The Bertz CT molecular complexity index is 1560. The second kappa shape index (κ2) is 13.1. The van der Waals surface area contributed by atoms with Crippen LogP contribution in [0.4, 0.5) is 0 Å². The molecule has 0 amide bonds. The number of hydrogen-bond donors (Lipinski definition) is 2. The van der Waals surface area contributed by atoms with E-state index in [-0.39, 0.29) is 17.5 Å². The summed E-state index contributed by atoms with van der Waals surface area (Å²) in [6.45, 7) is 12.2. The average molecular weight is 708 g/mol. The van der Waals surface area contributed by atoms with Crippen molar-refractivity contribution in [1.29, 1.82) is 0 Å². The van der Waals surface area contributed by atoms with E-state index in [0.717, 1.165) is 61.5 Å². The highest BCUT2D eigenvalue weighted by Crippen LogP contribution is 2.75. The van der Waals surface area contributed by atoms with Crippen LogP contribution in [0.25, 0.3) is 0 Å². The third-order valence-electron chi connectivity index (χ3n) is 18.5. The third-order valence-corrected chi connectivity index (χ3v) is 18.5. The molecular weight excluding hydrogens is 639 g/mol. The predicted molar refractivity (Wildman–Crippen MR) is 209 cm³/mol. The Labute approximate surface area is 315 Å². The van der Waals surface area contributed by atoms with Gasteiger partial charge in [-0.3, -0.25) is 4.79 Å². The van der Waals surface area contributed by atoms with Crippen LogP contribution in [0.3, 0.4) is 0 Å². The number of hydrogen-bond acceptors (Lipinski definition) is 4. The molecule has 6 fully saturated rings. The highest BCUT2D eigenvalue weighted by Gasteiger charge is 2.68. The molecule has 0 spiro atoms. The molecule has 0 aliphatic heterocycles. The van der Waals surface area contributed by atoms with Crippen LogP contribution in [0, 0.1) is 63.6 Å². The molecule has 8 unspecified atom stereocenters. The maximum atomic E-state index is 13.0. The standard InChI is InChI=1S/C48H69NO3/c1-32-38(34-12-14-35(15-13-34)43(50)52-31-33-9-6-5-7-10-33)22-25-44(2)39(32)23-26-46(4)42(44)21-20-40-41-11-8-24-47(41,28-27-45(40,46)3)49-30-29-48(51,36-16-17-36)37-18-19-37/h5-7,9-10,12,22,32,35-37,39-42,49,51H,8,11,13-21,23-31H2,1-4H3/t32?,35?,39?,40?,41-,42?,44?,45-,46?,47?/m1/s1. The lowest BCUT2D eigenvalue weighted by atomic mass is 9.34. The summed E-state index contributed by atoms with van der Waals surface area (Å²) in [5.41, 5.74) is 5.30. The van der Waals surface area contributed by atoms with E-state index < -0.39 is 0 Å². The molecule has 6 saturated carbocycles. The topological polar surface area (TPSA) is 58.6 Å². The highest BCUT2D eigenvalue weighted by molar-refractivity contribution is 5.73. The van der Waals surface area contributed by atoms with Gasteiger partial charge in [-0.15, -0.1) is 0 Å². The number of benzene rings is 1. The normalized spacial score (nSPS) is 42.9. The van der Waals surface area contributed by atoms with E-state index in [1.54, 1.807) is 5.57 Å². The van der Waals surface area contributed by atoms with Crippen LogP contribution in [-0.2, 0) is 16.1 Å². The molecule has 4 nitrogen and oxygen atoms in total. The summed E-state index contributed by atoms with van der Waals surface area (Å²) in [6.07, 6.45) is 27.5. The van der Waals surface area contributed by atoms with Gasteiger partial charge in [0.05, 0.1) is 11.5 Å². The Kier molecular flexibility index (Phi) is 9.01. The SMILES string of the molecule is CC1C(C2=CCC(C(=O)OCc3ccccc3)CC2)=CCC2(C)C1CCC1(C)C2CCC2[C@H]3CCCC3(NCCC(O)(C3CC3)C3CC3)CC[C@]21C. The zero-order valence-electron chi connectivity index (χ0n) is 33.1. The van der Waals surface area contributed by atoms with Gasteiger partial charge in [-0.2, -0.15) is 0 Å². The Balaban J connectivity index is 0.872. The smallest absolute Gasteiger partial charge is 0.309 e.